The SMILES string of the molecule is CCOC1CCN(C(CNC(C)(C)C)COC)CC1. The number of rotatable bonds is 7. The van der Waals surface area contributed by atoms with E-state index in [4.69, 9.17) is 9.47 Å². The van der Waals surface area contributed by atoms with Crippen molar-refractivity contribution in [1.82, 2.24) is 10.2 Å². The molecule has 1 N–H and O–H groups in total. The summed E-state index contributed by atoms with van der Waals surface area (Å²) in [6.45, 7) is 13.5. The number of methoxy groups -OCH3 is 1. The summed E-state index contributed by atoms with van der Waals surface area (Å²) in [7, 11) is 1.79. The normalized spacial score (nSPS) is 20.7. The standard InChI is InChI=1S/C15H32N2O2/c1-6-19-14-7-9-17(10-8-14)13(12-18-5)11-16-15(2,3)4/h13-14,16H,6-12H2,1-5H3. The van der Waals surface area contributed by atoms with Crippen LogP contribution in [0.1, 0.15) is 40.5 Å². The van der Waals surface area contributed by atoms with Crippen LogP contribution in [0.2, 0.25) is 0 Å². The summed E-state index contributed by atoms with van der Waals surface area (Å²) in [5.74, 6) is 0. The Kier molecular flexibility index (Phi) is 7.29. The summed E-state index contributed by atoms with van der Waals surface area (Å²) < 4.78 is 11.1. The highest BCUT2D eigenvalue weighted by Crippen LogP contribution is 2.16. The van der Waals surface area contributed by atoms with Gasteiger partial charge in [0.2, 0.25) is 0 Å². The molecule has 1 unspecified atom stereocenters. The molecule has 0 bridgehead atoms. The van der Waals surface area contributed by atoms with E-state index in [-0.39, 0.29) is 5.54 Å². The lowest BCUT2D eigenvalue weighted by molar-refractivity contribution is -0.00774. The minimum Gasteiger partial charge on any atom is -0.383 e. The van der Waals surface area contributed by atoms with Crippen molar-refractivity contribution < 1.29 is 9.47 Å². The van der Waals surface area contributed by atoms with E-state index in [1.165, 1.54) is 0 Å². The van der Waals surface area contributed by atoms with Gasteiger partial charge in [-0.15, -0.1) is 0 Å². The Labute approximate surface area is 118 Å². The minimum atomic E-state index is 0.162. The predicted molar refractivity (Wildman–Crippen MR) is 79.6 cm³/mol. The number of likely N-dealkylation sites (tertiary alicyclic amines) is 1. The monoisotopic (exact) mass is 272 g/mol. The Morgan fingerprint density at radius 1 is 1.26 bits per heavy atom. The Bertz CT molecular complexity index is 233. The smallest absolute Gasteiger partial charge is 0.0630 e. The van der Waals surface area contributed by atoms with E-state index in [0.29, 0.717) is 12.1 Å². The number of nitrogens with zero attached hydrogens (tertiary/aromatic N) is 1. The quantitative estimate of drug-likeness (QED) is 0.767. The first kappa shape index (κ1) is 16.9. The molecule has 1 atom stereocenters. The highest BCUT2D eigenvalue weighted by atomic mass is 16.5. The van der Waals surface area contributed by atoms with Crippen LogP contribution in [0.5, 0.6) is 0 Å². The van der Waals surface area contributed by atoms with Gasteiger partial charge in [0, 0.05) is 44.9 Å². The molecular formula is C15H32N2O2. The highest BCUT2D eigenvalue weighted by molar-refractivity contribution is 4.82. The van der Waals surface area contributed by atoms with Gasteiger partial charge >= 0.3 is 0 Å². The molecule has 0 aliphatic carbocycles. The zero-order valence-corrected chi connectivity index (χ0v) is 13.4. The molecule has 0 radical (unpaired) electrons. The fourth-order valence-corrected chi connectivity index (χ4v) is 2.55. The van der Waals surface area contributed by atoms with Crippen molar-refractivity contribution in [2.24, 2.45) is 0 Å². The Morgan fingerprint density at radius 2 is 1.89 bits per heavy atom. The molecule has 1 heterocycles. The maximum atomic E-state index is 5.71. The van der Waals surface area contributed by atoms with Crippen molar-refractivity contribution in [2.45, 2.75) is 58.2 Å². The van der Waals surface area contributed by atoms with E-state index in [2.05, 4.69) is 37.9 Å². The second-order valence-corrected chi connectivity index (χ2v) is 6.43. The van der Waals surface area contributed by atoms with Crippen LogP contribution in [0.4, 0.5) is 0 Å². The second-order valence-electron chi connectivity index (χ2n) is 6.43. The molecule has 1 saturated heterocycles. The molecule has 1 aliphatic rings. The molecule has 114 valence electrons. The minimum absolute atomic E-state index is 0.162. The van der Waals surface area contributed by atoms with Crippen molar-refractivity contribution in [3.8, 4) is 0 Å². The Balaban J connectivity index is 2.40. The third-order valence-corrected chi connectivity index (χ3v) is 3.62. The molecule has 4 heteroatoms. The van der Waals surface area contributed by atoms with Gasteiger partial charge in [-0.25, -0.2) is 0 Å². The molecule has 0 aromatic heterocycles. The molecule has 1 rings (SSSR count). The molecular weight excluding hydrogens is 240 g/mol. The number of hydrogen-bond donors (Lipinski definition) is 1. The van der Waals surface area contributed by atoms with Crippen molar-refractivity contribution in [3.05, 3.63) is 0 Å². The van der Waals surface area contributed by atoms with Gasteiger partial charge in [0.15, 0.2) is 0 Å². The van der Waals surface area contributed by atoms with E-state index >= 15 is 0 Å². The van der Waals surface area contributed by atoms with Crippen LogP contribution < -0.4 is 5.32 Å². The zero-order valence-electron chi connectivity index (χ0n) is 13.4. The fraction of sp³-hybridized carbons (Fsp3) is 1.00. The zero-order chi connectivity index (χ0) is 14.3. The van der Waals surface area contributed by atoms with Crippen molar-refractivity contribution in [2.75, 3.05) is 40.0 Å². The molecule has 1 aliphatic heterocycles. The molecule has 0 amide bonds. The third-order valence-electron chi connectivity index (χ3n) is 3.62. The number of nitrogens with one attached hydrogen (secondary N) is 1. The maximum Gasteiger partial charge on any atom is 0.0630 e. The van der Waals surface area contributed by atoms with Crippen molar-refractivity contribution in [3.63, 3.8) is 0 Å². The second kappa shape index (κ2) is 8.20. The largest absolute Gasteiger partial charge is 0.383 e. The van der Waals surface area contributed by atoms with Crippen LogP contribution in [0, 0.1) is 0 Å². The average molecular weight is 272 g/mol. The highest BCUT2D eigenvalue weighted by Gasteiger charge is 2.26. The summed E-state index contributed by atoms with van der Waals surface area (Å²) in [6.07, 6.45) is 2.74. The Hall–Kier alpha value is -0.160. The molecule has 19 heavy (non-hydrogen) atoms. The van der Waals surface area contributed by atoms with Crippen LogP contribution in [-0.2, 0) is 9.47 Å². The van der Waals surface area contributed by atoms with Gasteiger partial charge in [-0.05, 0) is 40.5 Å². The topological polar surface area (TPSA) is 33.7 Å². The molecule has 4 nitrogen and oxygen atoms in total. The van der Waals surface area contributed by atoms with Gasteiger partial charge in [0.05, 0.1) is 12.7 Å². The van der Waals surface area contributed by atoms with E-state index in [9.17, 15) is 0 Å². The van der Waals surface area contributed by atoms with Crippen LogP contribution in [0.15, 0.2) is 0 Å². The van der Waals surface area contributed by atoms with E-state index in [1.54, 1.807) is 7.11 Å². The van der Waals surface area contributed by atoms with Crippen LogP contribution in [-0.4, -0.2) is 62.5 Å². The van der Waals surface area contributed by atoms with Crippen LogP contribution in [0.25, 0.3) is 0 Å². The van der Waals surface area contributed by atoms with Gasteiger partial charge in [0.1, 0.15) is 0 Å². The lowest BCUT2D eigenvalue weighted by Gasteiger charge is -2.38. The summed E-state index contributed by atoms with van der Waals surface area (Å²) in [4.78, 5) is 2.54. The summed E-state index contributed by atoms with van der Waals surface area (Å²) >= 11 is 0. The molecule has 0 aromatic rings. The van der Waals surface area contributed by atoms with Crippen molar-refractivity contribution >= 4 is 0 Å². The van der Waals surface area contributed by atoms with Crippen molar-refractivity contribution in [1.29, 1.82) is 0 Å². The van der Waals surface area contributed by atoms with Gasteiger partial charge in [-0.1, -0.05) is 0 Å². The number of piperidine rings is 1. The fourth-order valence-electron chi connectivity index (χ4n) is 2.55. The molecule has 0 saturated carbocycles. The number of hydrogen-bond acceptors (Lipinski definition) is 4. The summed E-state index contributed by atoms with van der Waals surface area (Å²) in [5, 5.41) is 3.59. The maximum absolute atomic E-state index is 5.71. The molecule has 0 aromatic carbocycles. The molecule has 1 fully saturated rings. The predicted octanol–water partition coefficient (Wildman–Crippen LogP) is 1.89. The van der Waals surface area contributed by atoms with Gasteiger partial charge in [-0.3, -0.25) is 4.90 Å². The van der Waals surface area contributed by atoms with Gasteiger partial charge < -0.3 is 14.8 Å². The lowest BCUT2D eigenvalue weighted by Crippen LogP contribution is -2.52. The first-order valence-electron chi connectivity index (χ1n) is 7.56. The summed E-state index contributed by atoms with van der Waals surface area (Å²) in [5.41, 5.74) is 0.162. The first-order chi connectivity index (χ1) is 8.96. The van der Waals surface area contributed by atoms with E-state index < -0.39 is 0 Å². The van der Waals surface area contributed by atoms with Gasteiger partial charge in [0.25, 0.3) is 0 Å². The van der Waals surface area contributed by atoms with Gasteiger partial charge in [-0.2, -0.15) is 0 Å². The first-order valence-corrected chi connectivity index (χ1v) is 7.56. The van der Waals surface area contributed by atoms with Crippen LogP contribution >= 0.6 is 0 Å². The lowest BCUT2D eigenvalue weighted by atomic mass is 10.0. The average Bonchev–Trinajstić information content (AvgIpc) is 2.35. The van der Waals surface area contributed by atoms with E-state index in [0.717, 1.165) is 45.7 Å². The molecule has 0 spiro atoms. The van der Waals surface area contributed by atoms with E-state index in [1.807, 2.05) is 0 Å². The summed E-state index contributed by atoms with van der Waals surface area (Å²) in [6, 6.07) is 0.465. The Morgan fingerprint density at radius 3 is 2.37 bits per heavy atom. The van der Waals surface area contributed by atoms with Crippen LogP contribution in [0.3, 0.4) is 0 Å². The third kappa shape index (κ3) is 6.70. The number of ether oxygens (including phenoxy) is 2.